The maximum atomic E-state index is 12.3. The molecule has 1 aliphatic heterocycles. The number of aryl methyl sites for hydroxylation is 1. The van der Waals surface area contributed by atoms with E-state index in [2.05, 4.69) is 15.7 Å². The van der Waals surface area contributed by atoms with Crippen LogP contribution in [0.25, 0.3) is 0 Å². The van der Waals surface area contributed by atoms with Gasteiger partial charge in [-0.15, -0.1) is 0 Å². The minimum atomic E-state index is -0.618. The van der Waals surface area contributed by atoms with Gasteiger partial charge in [0.25, 0.3) is 0 Å². The summed E-state index contributed by atoms with van der Waals surface area (Å²) in [6.45, 7) is 1.82. The SMILES string of the molecule is Cc1cc2n(n1)C(C(=O)Nc1ccccc1)CC(=O)N2. The second kappa shape index (κ2) is 4.80. The smallest absolute Gasteiger partial charge is 0.249 e. The molecule has 0 radical (unpaired) electrons. The molecule has 1 atom stereocenters. The first-order chi connectivity index (χ1) is 9.63. The molecule has 0 bridgehead atoms. The van der Waals surface area contributed by atoms with Gasteiger partial charge in [-0.2, -0.15) is 5.10 Å². The number of aromatic nitrogens is 2. The number of hydrogen-bond acceptors (Lipinski definition) is 3. The van der Waals surface area contributed by atoms with Crippen LogP contribution in [-0.2, 0) is 9.59 Å². The molecule has 0 spiro atoms. The van der Waals surface area contributed by atoms with Gasteiger partial charge < -0.3 is 10.6 Å². The summed E-state index contributed by atoms with van der Waals surface area (Å²) < 4.78 is 1.56. The molecule has 0 saturated carbocycles. The number of rotatable bonds is 2. The van der Waals surface area contributed by atoms with Crippen molar-refractivity contribution in [2.24, 2.45) is 0 Å². The molecule has 102 valence electrons. The fourth-order valence-corrected chi connectivity index (χ4v) is 2.25. The Kier molecular flexibility index (Phi) is 2.98. The summed E-state index contributed by atoms with van der Waals surface area (Å²) in [7, 11) is 0. The first kappa shape index (κ1) is 12.4. The number of carbonyl (C=O) groups is 2. The number of carbonyl (C=O) groups excluding carboxylic acids is 2. The predicted molar refractivity (Wildman–Crippen MR) is 74.3 cm³/mol. The quantitative estimate of drug-likeness (QED) is 0.872. The zero-order valence-corrected chi connectivity index (χ0v) is 11.0. The first-order valence-electron chi connectivity index (χ1n) is 6.35. The average molecular weight is 270 g/mol. The molecule has 1 unspecified atom stereocenters. The van der Waals surface area contributed by atoms with Crippen molar-refractivity contribution in [3.8, 4) is 0 Å². The second-order valence-corrected chi connectivity index (χ2v) is 4.74. The van der Waals surface area contributed by atoms with Gasteiger partial charge in [0.05, 0.1) is 12.1 Å². The Morgan fingerprint density at radius 2 is 2.15 bits per heavy atom. The van der Waals surface area contributed by atoms with Crippen molar-refractivity contribution in [2.75, 3.05) is 10.6 Å². The number of fused-ring (bicyclic) bond motifs is 1. The molecule has 1 aliphatic rings. The highest BCUT2D eigenvalue weighted by atomic mass is 16.2. The lowest BCUT2D eigenvalue weighted by atomic mass is 10.1. The molecular weight excluding hydrogens is 256 g/mol. The highest BCUT2D eigenvalue weighted by molar-refractivity contribution is 6.01. The van der Waals surface area contributed by atoms with Crippen LogP contribution in [0.1, 0.15) is 18.2 Å². The first-order valence-corrected chi connectivity index (χ1v) is 6.35. The van der Waals surface area contributed by atoms with Crippen LogP contribution in [0.3, 0.4) is 0 Å². The molecule has 2 aromatic rings. The lowest BCUT2D eigenvalue weighted by molar-refractivity contribution is -0.125. The van der Waals surface area contributed by atoms with Crippen LogP contribution in [0.4, 0.5) is 11.5 Å². The van der Waals surface area contributed by atoms with Crippen LogP contribution in [0.15, 0.2) is 36.4 Å². The van der Waals surface area contributed by atoms with E-state index < -0.39 is 6.04 Å². The van der Waals surface area contributed by atoms with Gasteiger partial charge in [-0.25, -0.2) is 4.68 Å². The van der Waals surface area contributed by atoms with E-state index in [1.54, 1.807) is 22.9 Å². The van der Waals surface area contributed by atoms with E-state index >= 15 is 0 Å². The number of amides is 2. The maximum Gasteiger partial charge on any atom is 0.249 e. The van der Waals surface area contributed by atoms with Crippen LogP contribution in [-0.4, -0.2) is 21.6 Å². The second-order valence-electron chi connectivity index (χ2n) is 4.74. The molecule has 2 heterocycles. The van der Waals surface area contributed by atoms with Crippen molar-refractivity contribution < 1.29 is 9.59 Å². The summed E-state index contributed by atoms with van der Waals surface area (Å²) in [6, 6.07) is 10.3. The Balaban J connectivity index is 1.86. The minimum absolute atomic E-state index is 0.0901. The maximum absolute atomic E-state index is 12.3. The minimum Gasteiger partial charge on any atom is -0.324 e. The van der Waals surface area contributed by atoms with Crippen LogP contribution in [0, 0.1) is 6.92 Å². The Hall–Kier alpha value is -2.63. The third-order valence-corrected chi connectivity index (χ3v) is 3.14. The Morgan fingerprint density at radius 1 is 1.40 bits per heavy atom. The molecule has 6 heteroatoms. The lowest BCUT2D eigenvalue weighted by Crippen LogP contribution is -2.35. The Bertz CT molecular complexity index is 663. The third-order valence-electron chi connectivity index (χ3n) is 3.14. The summed E-state index contributed by atoms with van der Waals surface area (Å²) in [5.41, 5.74) is 1.47. The van der Waals surface area contributed by atoms with Crippen molar-refractivity contribution in [3.05, 3.63) is 42.1 Å². The van der Waals surface area contributed by atoms with E-state index in [-0.39, 0.29) is 18.2 Å². The monoisotopic (exact) mass is 270 g/mol. The summed E-state index contributed by atoms with van der Waals surface area (Å²) >= 11 is 0. The fraction of sp³-hybridized carbons (Fsp3) is 0.214. The zero-order valence-electron chi connectivity index (χ0n) is 11.0. The van der Waals surface area contributed by atoms with E-state index in [9.17, 15) is 9.59 Å². The summed E-state index contributed by atoms with van der Waals surface area (Å²) in [5, 5.41) is 9.78. The Morgan fingerprint density at radius 3 is 2.90 bits per heavy atom. The standard InChI is InChI=1S/C14H14N4O2/c1-9-7-12-16-13(19)8-11(18(12)17-9)14(20)15-10-5-3-2-4-6-10/h2-7,11H,8H2,1H3,(H,15,20)(H,16,19). The van der Waals surface area contributed by atoms with Crippen molar-refractivity contribution >= 4 is 23.3 Å². The Labute approximate surface area is 115 Å². The third kappa shape index (κ3) is 2.27. The highest BCUT2D eigenvalue weighted by Crippen LogP contribution is 2.26. The molecule has 3 rings (SSSR count). The van der Waals surface area contributed by atoms with Crippen LogP contribution in [0.5, 0.6) is 0 Å². The van der Waals surface area contributed by atoms with Gasteiger partial charge in [-0.05, 0) is 19.1 Å². The number of anilines is 2. The largest absolute Gasteiger partial charge is 0.324 e. The number of hydrogen-bond donors (Lipinski definition) is 2. The van der Waals surface area contributed by atoms with Crippen LogP contribution < -0.4 is 10.6 Å². The molecule has 0 saturated heterocycles. The number of benzene rings is 1. The fourth-order valence-electron chi connectivity index (χ4n) is 2.25. The van der Waals surface area contributed by atoms with Crippen molar-refractivity contribution in [3.63, 3.8) is 0 Å². The van der Waals surface area contributed by atoms with E-state index in [1.165, 1.54) is 0 Å². The molecule has 6 nitrogen and oxygen atoms in total. The van der Waals surface area contributed by atoms with Crippen molar-refractivity contribution in [2.45, 2.75) is 19.4 Å². The zero-order chi connectivity index (χ0) is 14.1. The van der Waals surface area contributed by atoms with Gasteiger partial charge in [0, 0.05) is 11.8 Å². The topological polar surface area (TPSA) is 76.0 Å². The van der Waals surface area contributed by atoms with E-state index in [0.29, 0.717) is 11.5 Å². The summed E-state index contributed by atoms with van der Waals surface area (Å²) in [6.07, 6.45) is 0.0901. The molecular formula is C14H14N4O2. The van der Waals surface area contributed by atoms with Gasteiger partial charge >= 0.3 is 0 Å². The average Bonchev–Trinajstić information content (AvgIpc) is 2.78. The van der Waals surface area contributed by atoms with Crippen LogP contribution in [0.2, 0.25) is 0 Å². The molecule has 2 amide bonds. The van der Waals surface area contributed by atoms with E-state index in [0.717, 1.165) is 5.69 Å². The van der Waals surface area contributed by atoms with Gasteiger partial charge in [0.2, 0.25) is 11.8 Å². The normalized spacial score (nSPS) is 17.2. The van der Waals surface area contributed by atoms with Gasteiger partial charge in [-0.3, -0.25) is 9.59 Å². The summed E-state index contributed by atoms with van der Waals surface area (Å²) in [5.74, 6) is 0.146. The lowest BCUT2D eigenvalue weighted by Gasteiger charge is -2.23. The predicted octanol–water partition coefficient (Wildman–Crippen LogP) is 1.71. The number of para-hydroxylation sites is 1. The molecule has 0 aliphatic carbocycles. The number of nitrogens with zero attached hydrogens (tertiary/aromatic N) is 2. The highest BCUT2D eigenvalue weighted by Gasteiger charge is 2.31. The molecule has 2 N–H and O–H groups in total. The molecule has 1 aromatic carbocycles. The van der Waals surface area contributed by atoms with Gasteiger partial charge in [-0.1, -0.05) is 18.2 Å². The van der Waals surface area contributed by atoms with Crippen LogP contribution >= 0.6 is 0 Å². The van der Waals surface area contributed by atoms with E-state index in [1.807, 2.05) is 25.1 Å². The molecule has 1 aromatic heterocycles. The molecule has 0 fully saturated rings. The van der Waals surface area contributed by atoms with Gasteiger partial charge in [0.15, 0.2) is 0 Å². The van der Waals surface area contributed by atoms with E-state index in [4.69, 9.17) is 0 Å². The summed E-state index contributed by atoms with van der Waals surface area (Å²) in [4.78, 5) is 24.0. The number of nitrogens with one attached hydrogen (secondary N) is 2. The van der Waals surface area contributed by atoms with Gasteiger partial charge in [0.1, 0.15) is 11.9 Å². The van der Waals surface area contributed by atoms with Crippen molar-refractivity contribution in [1.82, 2.24) is 9.78 Å². The molecule has 20 heavy (non-hydrogen) atoms. The van der Waals surface area contributed by atoms with Crippen molar-refractivity contribution in [1.29, 1.82) is 0 Å².